The molecule has 1 unspecified atom stereocenters. The monoisotopic (exact) mass is 367 g/mol. The molecule has 0 spiro atoms. The number of methoxy groups -OCH3 is 1. The van der Waals surface area contributed by atoms with Crippen molar-refractivity contribution in [1.29, 1.82) is 0 Å². The largest absolute Gasteiger partial charge is 0.497 e. The fourth-order valence-corrected chi connectivity index (χ4v) is 2.82. The first-order valence-electron chi connectivity index (χ1n) is 8.57. The Morgan fingerprint density at radius 1 is 1.15 bits per heavy atom. The first-order chi connectivity index (χ1) is 13.0. The molecule has 0 aliphatic carbocycles. The lowest BCUT2D eigenvalue weighted by atomic mass is 9.95. The van der Waals surface area contributed by atoms with Crippen molar-refractivity contribution in [3.63, 3.8) is 0 Å². The van der Waals surface area contributed by atoms with E-state index in [2.05, 4.69) is 15.6 Å². The molecule has 2 N–H and O–H groups in total. The number of pyridine rings is 1. The molecule has 3 rings (SSSR count). The summed E-state index contributed by atoms with van der Waals surface area (Å²) in [6.45, 7) is 3.55. The SMILES string of the molecule is COc1ccc(C2=C(C(=O)OC(C)C)C(c3ccccn3)NC(=O)N2)cc1. The van der Waals surface area contributed by atoms with Gasteiger partial charge in [-0.05, 0) is 55.8 Å². The Labute approximate surface area is 157 Å². The molecule has 140 valence electrons. The predicted octanol–water partition coefficient (Wildman–Crippen LogP) is 2.81. The van der Waals surface area contributed by atoms with Crippen molar-refractivity contribution in [3.8, 4) is 5.75 Å². The fourth-order valence-electron chi connectivity index (χ4n) is 2.82. The molecule has 7 nitrogen and oxygen atoms in total. The quantitative estimate of drug-likeness (QED) is 0.793. The van der Waals surface area contributed by atoms with Crippen molar-refractivity contribution >= 4 is 17.7 Å². The van der Waals surface area contributed by atoms with Crippen molar-refractivity contribution in [1.82, 2.24) is 15.6 Å². The van der Waals surface area contributed by atoms with Crippen molar-refractivity contribution in [3.05, 3.63) is 65.5 Å². The average Bonchev–Trinajstić information content (AvgIpc) is 2.67. The summed E-state index contributed by atoms with van der Waals surface area (Å²) >= 11 is 0. The van der Waals surface area contributed by atoms with Gasteiger partial charge in [0, 0.05) is 6.20 Å². The molecule has 1 aromatic heterocycles. The fraction of sp³-hybridized carbons (Fsp3) is 0.250. The number of esters is 1. The van der Waals surface area contributed by atoms with Gasteiger partial charge in [-0.15, -0.1) is 0 Å². The van der Waals surface area contributed by atoms with Crippen LogP contribution in [0, 0.1) is 0 Å². The van der Waals surface area contributed by atoms with E-state index >= 15 is 0 Å². The highest BCUT2D eigenvalue weighted by Crippen LogP contribution is 2.31. The normalized spacial score (nSPS) is 16.6. The van der Waals surface area contributed by atoms with E-state index in [1.165, 1.54) is 0 Å². The molecular weight excluding hydrogens is 346 g/mol. The van der Waals surface area contributed by atoms with E-state index in [1.54, 1.807) is 69.6 Å². The third-order valence-corrected chi connectivity index (χ3v) is 4.00. The summed E-state index contributed by atoms with van der Waals surface area (Å²) in [7, 11) is 1.57. The van der Waals surface area contributed by atoms with Gasteiger partial charge in [0.05, 0.1) is 30.2 Å². The number of nitrogens with zero attached hydrogens (tertiary/aromatic N) is 1. The molecule has 2 heterocycles. The highest BCUT2D eigenvalue weighted by Gasteiger charge is 2.35. The topological polar surface area (TPSA) is 89.6 Å². The van der Waals surface area contributed by atoms with Crippen LogP contribution < -0.4 is 15.4 Å². The second kappa shape index (κ2) is 7.90. The van der Waals surface area contributed by atoms with Gasteiger partial charge in [-0.25, -0.2) is 9.59 Å². The van der Waals surface area contributed by atoms with Crippen LogP contribution in [0.15, 0.2) is 54.2 Å². The minimum Gasteiger partial charge on any atom is -0.497 e. The number of benzene rings is 1. The number of hydrogen-bond donors (Lipinski definition) is 2. The lowest BCUT2D eigenvalue weighted by Crippen LogP contribution is -2.45. The maximum absolute atomic E-state index is 12.9. The van der Waals surface area contributed by atoms with Gasteiger partial charge in [0.15, 0.2) is 0 Å². The first kappa shape index (κ1) is 18.4. The highest BCUT2D eigenvalue weighted by atomic mass is 16.5. The Morgan fingerprint density at radius 2 is 1.89 bits per heavy atom. The van der Waals surface area contributed by atoms with Gasteiger partial charge in [-0.1, -0.05) is 6.07 Å². The van der Waals surface area contributed by atoms with Gasteiger partial charge in [0.1, 0.15) is 11.8 Å². The molecule has 2 amide bonds. The number of nitrogens with one attached hydrogen (secondary N) is 2. The van der Waals surface area contributed by atoms with Crippen molar-refractivity contribution in [2.45, 2.75) is 26.0 Å². The van der Waals surface area contributed by atoms with Crippen LogP contribution in [0.4, 0.5) is 4.79 Å². The van der Waals surface area contributed by atoms with Crippen LogP contribution in [0.1, 0.15) is 31.1 Å². The molecule has 0 bridgehead atoms. The predicted molar refractivity (Wildman–Crippen MR) is 99.8 cm³/mol. The minimum atomic E-state index is -0.719. The summed E-state index contributed by atoms with van der Waals surface area (Å²) in [6, 6.07) is 11.3. The molecule has 1 aliphatic rings. The Kier molecular flexibility index (Phi) is 5.40. The van der Waals surface area contributed by atoms with E-state index < -0.39 is 18.0 Å². The maximum Gasteiger partial charge on any atom is 0.338 e. The van der Waals surface area contributed by atoms with Gasteiger partial charge in [-0.3, -0.25) is 4.98 Å². The Balaban J connectivity index is 2.14. The lowest BCUT2D eigenvalue weighted by molar-refractivity contribution is -0.143. The zero-order valence-electron chi connectivity index (χ0n) is 15.4. The zero-order valence-corrected chi connectivity index (χ0v) is 15.4. The van der Waals surface area contributed by atoms with Gasteiger partial charge in [0.2, 0.25) is 0 Å². The van der Waals surface area contributed by atoms with E-state index in [0.717, 1.165) is 0 Å². The smallest absolute Gasteiger partial charge is 0.338 e. The Morgan fingerprint density at radius 3 is 2.48 bits per heavy atom. The van der Waals surface area contributed by atoms with Gasteiger partial charge >= 0.3 is 12.0 Å². The van der Waals surface area contributed by atoms with Crippen LogP contribution in [-0.4, -0.2) is 30.2 Å². The number of amides is 2. The molecule has 1 aromatic carbocycles. The number of carbonyl (C=O) groups is 2. The molecule has 27 heavy (non-hydrogen) atoms. The number of hydrogen-bond acceptors (Lipinski definition) is 5. The van der Waals surface area contributed by atoms with Crippen LogP contribution >= 0.6 is 0 Å². The number of aromatic nitrogens is 1. The van der Waals surface area contributed by atoms with Crippen molar-refractivity contribution in [2.75, 3.05) is 7.11 Å². The summed E-state index contributed by atoms with van der Waals surface area (Å²) in [5.74, 6) is 0.158. The van der Waals surface area contributed by atoms with Crippen LogP contribution in [0.5, 0.6) is 5.75 Å². The average molecular weight is 367 g/mol. The highest BCUT2D eigenvalue weighted by molar-refractivity contribution is 6.04. The molecular formula is C20H21N3O4. The molecule has 1 aliphatic heterocycles. The van der Waals surface area contributed by atoms with Crippen LogP contribution in [0.25, 0.3) is 5.70 Å². The zero-order chi connectivity index (χ0) is 19.4. The number of urea groups is 1. The van der Waals surface area contributed by atoms with Crippen LogP contribution in [-0.2, 0) is 9.53 Å². The van der Waals surface area contributed by atoms with Crippen LogP contribution in [0.3, 0.4) is 0 Å². The standard InChI is InChI=1S/C20H21N3O4/c1-12(2)27-19(24)16-17(13-7-9-14(26-3)10-8-13)22-20(25)23-18(16)15-6-4-5-11-21-15/h4-12,18H,1-3H3,(H2,22,23,25). The number of carbonyl (C=O) groups excluding carboxylic acids is 2. The second-order valence-corrected chi connectivity index (χ2v) is 6.26. The molecule has 1 atom stereocenters. The molecule has 0 saturated heterocycles. The number of ether oxygens (including phenoxy) is 2. The second-order valence-electron chi connectivity index (χ2n) is 6.26. The molecule has 7 heteroatoms. The first-order valence-corrected chi connectivity index (χ1v) is 8.57. The van der Waals surface area contributed by atoms with Gasteiger partial charge in [0.25, 0.3) is 0 Å². The summed E-state index contributed by atoms with van der Waals surface area (Å²) in [5, 5.41) is 5.50. The van der Waals surface area contributed by atoms with E-state index in [-0.39, 0.29) is 6.10 Å². The van der Waals surface area contributed by atoms with E-state index in [4.69, 9.17) is 9.47 Å². The summed E-state index contributed by atoms with van der Waals surface area (Å²) in [5.41, 5.74) is 1.91. The molecule has 0 saturated carbocycles. The van der Waals surface area contributed by atoms with Crippen molar-refractivity contribution < 1.29 is 19.1 Å². The van der Waals surface area contributed by atoms with Crippen LogP contribution in [0.2, 0.25) is 0 Å². The third kappa shape index (κ3) is 4.08. The minimum absolute atomic E-state index is 0.298. The van der Waals surface area contributed by atoms with E-state index in [9.17, 15) is 9.59 Å². The summed E-state index contributed by atoms with van der Waals surface area (Å²) < 4.78 is 10.6. The number of rotatable bonds is 5. The van der Waals surface area contributed by atoms with E-state index in [1.807, 2.05) is 0 Å². The van der Waals surface area contributed by atoms with Gasteiger partial charge < -0.3 is 20.1 Å². The lowest BCUT2D eigenvalue weighted by Gasteiger charge is -2.29. The van der Waals surface area contributed by atoms with Gasteiger partial charge in [-0.2, -0.15) is 0 Å². The molecule has 0 fully saturated rings. The Hall–Kier alpha value is -3.35. The molecule has 0 radical (unpaired) electrons. The Bertz CT molecular complexity index is 861. The van der Waals surface area contributed by atoms with Crippen molar-refractivity contribution in [2.24, 2.45) is 0 Å². The summed E-state index contributed by atoms with van der Waals surface area (Å²) in [4.78, 5) is 29.5. The third-order valence-electron chi connectivity index (χ3n) is 4.00. The van der Waals surface area contributed by atoms with E-state index in [0.29, 0.717) is 28.3 Å². The maximum atomic E-state index is 12.9. The molecule has 2 aromatic rings. The summed E-state index contributed by atoms with van der Waals surface area (Å²) in [6.07, 6.45) is 1.31.